The summed E-state index contributed by atoms with van der Waals surface area (Å²) in [5.41, 5.74) is 3.16. The monoisotopic (exact) mass is 522 g/mol. The van der Waals surface area contributed by atoms with Crippen molar-refractivity contribution in [2.75, 3.05) is 36.0 Å². The van der Waals surface area contributed by atoms with E-state index in [9.17, 15) is 18.9 Å². The van der Waals surface area contributed by atoms with Crippen LogP contribution < -0.4 is 9.80 Å². The van der Waals surface area contributed by atoms with Crippen molar-refractivity contribution in [1.82, 2.24) is 4.98 Å². The molecule has 3 fully saturated rings. The normalized spacial score (nSPS) is 20.7. The molecule has 0 unspecified atom stereocenters. The molecule has 0 bridgehead atoms. The molecule has 198 valence electrons. The number of nitro benzene ring substituents is 1. The van der Waals surface area contributed by atoms with Gasteiger partial charge in [-0.3, -0.25) is 15.1 Å². The van der Waals surface area contributed by atoms with Gasteiger partial charge in [0.2, 0.25) is 0 Å². The van der Waals surface area contributed by atoms with E-state index in [0.29, 0.717) is 33.4 Å². The van der Waals surface area contributed by atoms with E-state index >= 15 is 4.39 Å². The fraction of sp³-hybridized carbons (Fsp3) is 0.414. The van der Waals surface area contributed by atoms with Crippen LogP contribution in [0.15, 0.2) is 48.7 Å². The predicted molar refractivity (Wildman–Crippen MR) is 143 cm³/mol. The minimum Gasteiger partial charge on any atom is -0.371 e. The average molecular weight is 523 g/mol. The van der Waals surface area contributed by atoms with Gasteiger partial charge in [0, 0.05) is 68.3 Å². The highest BCUT2D eigenvalue weighted by atomic mass is 19.3. The molecule has 0 radical (unpaired) electrons. The van der Waals surface area contributed by atoms with Gasteiger partial charge in [0.25, 0.3) is 11.6 Å². The summed E-state index contributed by atoms with van der Waals surface area (Å²) in [5.74, 6) is -3.18. The van der Waals surface area contributed by atoms with E-state index in [2.05, 4.69) is 9.88 Å². The van der Waals surface area contributed by atoms with Crippen molar-refractivity contribution in [2.24, 2.45) is 5.41 Å². The summed E-state index contributed by atoms with van der Waals surface area (Å²) in [4.78, 5) is 19.5. The Hall–Kier alpha value is -3.62. The number of hydrogen-bond acceptors (Lipinski definition) is 5. The van der Waals surface area contributed by atoms with Crippen LogP contribution in [0.5, 0.6) is 0 Å². The topological polar surface area (TPSA) is 62.5 Å². The van der Waals surface area contributed by atoms with Gasteiger partial charge in [-0.05, 0) is 67.0 Å². The number of alkyl halides is 2. The first kappa shape index (κ1) is 24.7. The van der Waals surface area contributed by atoms with Crippen LogP contribution in [0.1, 0.15) is 49.7 Å². The number of nitro groups is 1. The Morgan fingerprint density at radius 1 is 0.921 bits per heavy atom. The summed E-state index contributed by atoms with van der Waals surface area (Å²) in [6.45, 7) is 1.87. The first-order valence-electron chi connectivity index (χ1n) is 13.1. The number of halogens is 3. The van der Waals surface area contributed by atoms with Crippen LogP contribution in [0.4, 0.5) is 30.2 Å². The van der Waals surface area contributed by atoms with Gasteiger partial charge in [-0.25, -0.2) is 13.2 Å². The zero-order chi connectivity index (χ0) is 26.5. The Kier molecular flexibility index (Phi) is 6.04. The van der Waals surface area contributed by atoms with Crippen LogP contribution in [0.2, 0.25) is 0 Å². The number of fused-ring (bicyclic) bond motifs is 1. The highest BCUT2D eigenvalue weighted by Gasteiger charge is 2.44. The van der Waals surface area contributed by atoms with E-state index in [1.165, 1.54) is 37.1 Å². The second-order valence-electron chi connectivity index (χ2n) is 10.9. The predicted octanol–water partition coefficient (Wildman–Crippen LogP) is 7.23. The third kappa shape index (κ3) is 4.81. The molecular formula is C29H29F3N4O2. The molecule has 0 amide bonds. The van der Waals surface area contributed by atoms with E-state index in [-0.39, 0.29) is 31.6 Å². The summed E-state index contributed by atoms with van der Waals surface area (Å²) in [6, 6.07) is 11.6. The van der Waals surface area contributed by atoms with Crippen molar-refractivity contribution in [3.05, 3.63) is 69.9 Å². The number of pyridine rings is 1. The van der Waals surface area contributed by atoms with Crippen LogP contribution in [-0.4, -0.2) is 42.0 Å². The molecule has 1 aromatic heterocycles. The van der Waals surface area contributed by atoms with Gasteiger partial charge in [-0.2, -0.15) is 0 Å². The standard InChI is InChI=1S/C29H29F3N4O2/c30-24(23-4-3-22(36(37)38)19-25(23)34-12-7-28(5-6-28)8-13-34)17-20-16-21-2-1-11-33-27(21)26(18-20)35-14-9-29(31,32)10-15-35/h1-4,11,16-19H,5-10,12-15H2/b24-17-. The van der Waals surface area contributed by atoms with Gasteiger partial charge < -0.3 is 9.80 Å². The molecule has 6 rings (SSSR count). The summed E-state index contributed by atoms with van der Waals surface area (Å²) >= 11 is 0. The minimum atomic E-state index is -2.68. The Morgan fingerprint density at radius 2 is 1.61 bits per heavy atom. The molecule has 2 aliphatic heterocycles. The van der Waals surface area contributed by atoms with Crippen molar-refractivity contribution in [3.63, 3.8) is 0 Å². The largest absolute Gasteiger partial charge is 0.371 e. The summed E-state index contributed by atoms with van der Waals surface area (Å²) in [6.07, 6.45) is 7.08. The van der Waals surface area contributed by atoms with Crippen LogP contribution >= 0.6 is 0 Å². The molecule has 3 aliphatic rings. The first-order valence-corrected chi connectivity index (χ1v) is 13.1. The molecule has 1 spiro atoms. The van der Waals surface area contributed by atoms with Crippen LogP contribution in [0.3, 0.4) is 0 Å². The van der Waals surface area contributed by atoms with E-state index < -0.39 is 16.7 Å². The third-order valence-electron chi connectivity index (χ3n) is 8.41. The zero-order valence-electron chi connectivity index (χ0n) is 21.0. The van der Waals surface area contributed by atoms with Crippen LogP contribution in [0.25, 0.3) is 22.8 Å². The van der Waals surface area contributed by atoms with Crippen LogP contribution in [-0.2, 0) is 0 Å². The molecule has 6 nitrogen and oxygen atoms in total. The minimum absolute atomic E-state index is 0.0655. The number of piperidine rings is 2. The summed E-state index contributed by atoms with van der Waals surface area (Å²) in [7, 11) is 0. The van der Waals surface area contributed by atoms with Crippen molar-refractivity contribution in [3.8, 4) is 0 Å². The van der Waals surface area contributed by atoms with E-state index in [1.807, 2.05) is 17.0 Å². The van der Waals surface area contributed by atoms with Gasteiger partial charge in [-0.1, -0.05) is 6.07 Å². The average Bonchev–Trinajstić information content (AvgIpc) is 3.67. The summed E-state index contributed by atoms with van der Waals surface area (Å²) < 4.78 is 43.6. The number of non-ortho nitro benzene ring substituents is 1. The first-order chi connectivity index (χ1) is 18.2. The van der Waals surface area contributed by atoms with E-state index in [4.69, 9.17) is 0 Å². The Bertz CT molecular complexity index is 1420. The lowest BCUT2D eigenvalue weighted by atomic mass is 9.93. The molecule has 0 N–H and O–H groups in total. The van der Waals surface area contributed by atoms with E-state index in [1.54, 1.807) is 18.3 Å². The molecule has 0 atom stereocenters. The van der Waals surface area contributed by atoms with Crippen LogP contribution in [0, 0.1) is 15.5 Å². The third-order valence-corrected chi connectivity index (χ3v) is 8.41. The van der Waals surface area contributed by atoms with Gasteiger partial charge in [0.05, 0.1) is 21.8 Å². The zero-order valence-corrected chi connectivity index (χ0v) is 21.0. The molecule has 3 heterocycles. The lowest BCUT2D eigenvalue weighted by molar-refractivity contribution is -0.384. The SMILES string of the molecule is O=[N+]([O-])c1ccc(/C(F)=C/c2cc(N3CCC(F)(F)CC3)c3ncccc3c2)c(N2CCC3(CC2)CC3)c1. The number of hydrogen-bond donors (Lipinski definition) is 0. The number of benzene rings is 2. The lowest BCUT2D eigenvalue weighted by Gasteiger charge is -2.34. The maximum atomic E-state index is 15.9. The molecule has 38 heavy (non-hydrogen) atoms. The van der Waals surface area contributed by atoms with Gasteiger partial charge in [0.1, 0.15) is 5.83 Å². The second-order valence-corrected chi connectivity index (χ2v) is 10.9. The molecule has 2 saturated heterocycles. The smallest absolute Gasteiger partial charge is 0.271 e. The summed E-state index contributed by atoms with van der Waals surface area (Å²) in [5, 5.41) is 12.3. The fourth-order valence-corrected chi connectivity index (χ4v) is 5.81. The van der Waals surface area contributed by atoms with Gasteiger partial charge in [0.15, 0.2) is 0 Å². The van der Waals surface area contributed by atoms with Crippen molar-refractivity contribution < 1.29 is 18.1 Å². The van der Waals surface area contributed by atoms with Gasteiger partial charge >= 0.3 is 0 Å². The molecule has 1 saturated carbocycles. The number of rotatable bonds is 5. The molecule has 1 aliphatic carbocycles. The number of anilines is 2. The Balaban J connectivity index is 1.37. The Morgan fingerprint density at radius 3 is 2.29 bits per heavy atom. The molecular weight excluding hydrogens is 493 g/mol. The van der Waals surface area contributed by atoms with Crippen molar-refractivity contribution in [2.45, 2.75) is 44.4 Å². The van der Waals surface area contributed by atoms with E-state index in [0.717, 1.165) is 31.3 Å². The number of nitrogens with zero attached hydrogens (tertiary/aromatic N) is 4. The molecule has 3 aromatic rings. The highest BCUT2D eigenvalue weighted by Crippen LogP contribution is 2.54. The highest BCUT2D eigenvalue weighted by molar-refractivity contribution is 5.95. The van der Waals surface area contributed by atoms with Gasteiger partial charge in [-0.15, -0.1) is 0 Å². The Labute approximate surface area is 218 Å². The molecule has 9 heteroatoms. The second kappa shape index (κ2) is 9.29. The number of aromatic nitrogens is 1. The fourth-order valence-electron chi connectivity index (χ4n) is 5.81. The maximum Gasteiger partial charge on any atom is 0.271 e. The van der Waals surface area contributed by atoms with Crippen molar-refractivity contribution >= 4 is 39.9 Å². The quantitative estimate of drug-likeness (QED) is 0.201. The molecule has 2 aromatic carbocycles. The maximum absolute atomic E-state index is 15.9. The van der Waals surface area contributed by atoms with Crippen molar-refractivity contribution in [1.29, 1.82) is 0 Å². The lowest BCUT2D eigenvalue weighted by Crippen LogP contribution is -2.39.